The van der Waals surface area contributed by atoms with Crippen LogP contribution in [-0.4, -0.2) is 40.2 Å². The van der Waals surface area contributed by atoms with Crippen molar-refractivity contribution in [2.24, 2.45) is 5.92 Å². The minimum atomic E-state index is 0. The molecule has 134 valence electrons. The highest BCUT2D eigenvalue weighted by atomic mass is 35.5. The number of carbonyl (C=O) groups excluding carboxylic acids is 1. The van der Waals surface area contributed by atoms with E-state index in [0.717, 1.165) is 38.2 Å². The SMILES string of the molecule is Cl.O=C(CCC1CCNC1)N1CCc2c(cnn2-c2ccccc2)C1. The van der Waals surface area contributed by atoms with Crippen molar-refractivity contribution < 1.29 is 4.79 Å². The maximum Gasteiger partial charge on any atom is 0.222 e. The fourth-order valence-corrected chi connectivity index (χ4v) is 3.78. The van der Waals surface area contributed by atoms with Crippen LogP contribution in [0.1, 0.15) is 30.5 Å². The first-order chi connectivity index (χ1) is 11.8. The molecule has 0 spiro atoms. The Kier molecular flexibility index (Phi) is 5.76. The highest BCUT2D eigenvalue weighted by Gasteiger charge is 2.25. The molecule has 1 aromatic carbocycles. The van der Waals surface area contributed by atoms with Crippen molar-refractivity contribution >= 4 is 18.3 Å². The molecule has 0 radical (unpaired) electrons. The van der Waals surface area contributed by atoms with Crippen molar-refractivity contribution in [1.29, 1.82) is 0 Å². The monoisotopic (exact) mass is 360 g/mol. The van der Waals surface area contributed by atoms with Gasteiger partial charge in [-0.05, 0) is 44.0 Å². The lowest BCUT2D eigenvalue weighted by molar-refractivity contribution is -0.132. The van der Waals surface area contributed by atoms with Gasteiger partial charge in [0.25, 0.3) is 0 Å². The third-order valence-electron chi connectivity index (χ3n) is 5.22. The molecule has 1 unspecified atom stereocenters. The Labute approximate surface area is 154 Å². The van der Waals surface area contributed by atoms with Crippen molar-refractivity contribution in [3.8, 4) is 5.69 Å². The van der Waals surface area contributed by atoms with E-state index in [1.54, 1.807) is 0 Å². The summed E-state index contributed by atoms with van der Waals surface area (Å²) in [6, 6.07) is 10.2. The lowest BCUT2D eigenvalue weighted by Gasteiger charge is -2.28. The van der Waals surface area contributed by atoms with E-state index < -0.39 is 0 Å². The molecule has 0 saturated carbocycles. The third-order valence-corrected chi connectivity index (χ3v) is 5.22. The number of para-hydroxylation sites is 1. The van der Waals surface area contributed by atoms with Crippen LogP contribution in [0.15, 0.2) is 36.5 Å². The maximum atomic E-state index is 12.5. The van der Waals surface area contributed by atoms with Gasteiger partial charge in [0.05, 0.1) is 17.6 Å². The zero-order valence-corrected chi connectivity index (χ0v) is 15.2. The van der Waals surface area contributed by atoms with Crippen LogP contribution in [0.5, 0.6) is 0 Å². The molecule has 3 heterocycles. The van der Waals surface area contributed by atoms with Crippen molar-refractivity contribution in [1.82, 2.24) is 20.0 Å². The lowest BCUT2D eigenvalue weighted by atomic mass is 10.0. The van der Waals surface area contributed by atoms with Gasteiger partial charge in [0.2, 0.25) is 5.91 Å². The van der Waals surface area contributed by atoms with E-state index in [4.69, 9.17) is 0 Å². The summed E-state index contributed by atoms with van der Waals surface area (Å²) >= 11 is 0. The Morgan fingerprint density at radius 3 is 2.88 bits per heavy atom. The van der Waals surface area contributed by atoms with Crippen LogP contribution in [0.4, 0.5) is 0 Å². The largest absolute Gasteiger partial charge is 0.338 e. The van der Waals surface area contributed by atoms with E-state index in [2.05, 4.69) is 22.5 Å². The first-order valence-electron chi connectivity index (χ1n) is 8.91. The number of hydrogen-bond donors (Lipinski definition) is 1. The smallest absolute Gasteiger partial charge is 0.222 e. The van der Waals surface area contributed by atoms with Crippen LogP contribution in [0.25, 0.3) is 5.69 Å². The van der Waals surface area contributed by atoms with Gasteiger partial charge in [-0.15, -0.1) is 12.4 Å². The average molecular weight is 361 g/mol. The topological polar surface area (TPSA) is 50.2 Å². The molecule has 1 atom stereocenters. The van der Waals surface area contributed by atoms with Crippen LogP contribution in [0.3, 0.4) is 0 Å². The number of amides is 1. The summed E-state index contributed by atoms with van der Waals surface area (Å²) in [5.74, 6) is 0.968. The second kappa shape index (κ2) is 8.02. The zero-order chi connectivity index (χ0) is 16.4. The average Bonchev–Trinajstić information content (AvgIpc) is 3.29. The molecule has 4 rings (SSSR count). The van der Waals surface area contributed by atoms with Gasteiger partial charge < -0.3 is 10.2 Å². The quantitative estimate of drug-likeness (QED) is 0.911. The van der Waals surface area contributed by atoms with E-state index in [1.165, 1.54) is 17.7 Å². The van der Waals surface area contributed by atoms with Gasteiger partial charge in [0.1, 0.15) is 0 Å². The van der Waals surface area contributed by atoms with Crippen molar-refractivity contribution in [3.63, 3.8) is 0 Å². The van der Waals surface area contributed by atoms with Crippen molar-refractivity contribution in [2.45, 2.75) is 32.2 Å². The molecule has 2 aromatic rings. The zero-order valence-electron chi connectivity index (χ0n) is 14.4. The van der Waals surface area contributed by atoms with Crippen LogP contribution in [0.2, 0.25) is 0 Å². The number of hydrogen-bond acceptors (Lipinski definition) is 3. The van der Waals surface area contributed by atoms with Crippen LogP contribution in [0, 0.1) is 5.92 Å². The van der Waals surface area contributed by atoms with E-state index >= 15 is 0 Å². The predicted octanol–water partition coefficient (Wildman–Crippen LogP) is 2.57. The molecule has 1 saturated heterocycles. The Morgan fingerprint density at radius 1 is 1.28 bits per heavy atom. The maximum absolute atomic E-state index is 12.5. The fourth-order valence-electron chi connectivity index (χ4n) is 3.78. The molecule has 0 aliphatic carbocycles. The summed E-state index contributed by atoms with van der Waals surface area (Å²) < 4.78 is 2.02. The molecular formula is C19H25ClN4O. The standard InChI is InChI=1S/C19H24N4O.ClH/c24-19(7-6-15-8-10-20-12-15)22-11-9-18-16(14-22)13-21-23(18)17-4-2-1-3-5-17;/h1-5,13,15,20H,6-12,14H2;1H. The van der Waals surface area contributed by atoms with Crippen LogP contribution in [-0.2, 0) is 17.8 Å². The summed E-state index contributed by atoms with van der Waals surface area (Å²) in [4.78, 5) is 14.5. The predicted molar refractivity (Wildman–Crippen MR) is 100 cm³/mol. The van der Waals surface area contributed by atoms with E-state index in [0.29, 0.717) is 24.8 Å². The van der Waals surface area contributed by atoms with Gasteiger partial charge in [-0.3, -0.25) is 4.79 Å². The minimum absolute atomic E-state index is 0. The van der Waals surface area contributed by atoms with Crippen LogP contribution >= 0.6 is 12.4 Å². The summed E-state index contributed by atoms with van der Waals surface area (Å²) in [5, 5.41) is 7.91. The normalized spacial score (nSPS) is 19.4. The molecule has 2 aliphatic heterocycles. The molecule has 1 fully saturated rings. The van der Waals surface area contributed by atoms with Gasteiger partial charge in [0, 0.05) is 31.5 Å². The highest BCUT2D eigenvalue weighted by Crippen LogP contribution is 2.23. The number of nitrogens with one attached hydrogen (secondary N) is 1. The minimum Gasteiger partial charge on any atom is -0.338 e. The van der Waals surface area contributed by atoms with E-state index in [9.17, 15) is 4.79 Å². The summed E-state index contributed by atoms with van der Waals surface area (Å²) in [7, 11) is 0. The van der Waals surface area contributed by atoms with Gasteiger partial charge in [0.15, 0.2) is 0 Å². The number of benzene rings is 1. The Balaban J connectivity index is 0.00000182. The first-order valence-corrected chi connectivity index (χ1v) is 8.91. The second-order valence-electron chi connectivity index (χ2n) is 6.83. The number of halogens is 1. The van der Waals surface area contributed by atoms with Crippen molar-refractivity contribution in [2.75, 3.05) is 19.6 Å². The summed E-state index contributed by atoms with van der Waals surface area (Å²) in [6.45, 7) is 3.67. The fraction of sp³-hybridized carbons (Fsp3) is 0.474. The lowest BCUT2D eigenvalue weighted by Crippen LogP contribution is -2.36. The van der Waals surface area contributed by atoms with E-state index in [-0.39, 0.29) is 12.4 Å². The Hall–Kier alpha value is -1.85. The number of aromatic nitrogens is 2. The molecule has 0 bridgehead atoms. The van der Waals surface area contributed by atoms with Gasteiger partial charge in [-0.1, -0.05) is 18.2 Å². The summed E-state index contributed by atoms with van der Waals surface area (Å²) in [5.41, 5.74) is 3.51. The van der Waals surface area contributed by atoms with Crippen LogP contribution < -0.4 is 5.32 Å². The second-order valence-corrected chi connectivity index (χ2v) is 6.83. The highest BCUT2D eigenvalue weighted by molar-refractivity contribution is 5.85. The Bertz CT molecular complexity index is 709. The number of rotatable bonds is 4. The number of fused-ring (bicyclic) bond motifs is 1. The molecule has 25 heavy (non-hydrogen) atoms. The van der Waals surface area contributed by atoms with E-state index in [1.807, 2.05) is 34.0 Å². The molecule has 6 heteroatoms. The number of carbonyl (C=O) groups is 1. The number of nitrogens with zero attached hydrogens (tertiary/aromatic N) is 3. The molecule has 1 N–H and O–H groups in total. The van der Waals surface area contributed by atoms with Gasteiger partial charge in [-0.25, -0.2) is 4.68 Å². The molecular weight excluding hydrogens is 336 g/mol. The Morgan fingerprint density at radius 2 is 2.12 bits per heavy atom. The molecule has 1 amide bonds. The third kappa shape index (κ3) is 3.88. The molecule has 2 aliphatic rings. The van der Waals surface area contributed by atoms with Gasteiger partial charge in [-0.2, -0.15) is 5.10 Å². The van der Waals surface area contributed by atoms with Crippen molar-refractivity contribution in [3.05, 3.63) is 47.8 Å². The van der Waals surface area contributed by atoms with Gasteiger partial charge >= 0.3 is 0 Å². The molecule has 1 aromatic heterocycles. The first kappa shape index (κ1) is 18.0. The summed E-state index contributed by atoms with van der Waals surface area (Å²) in [6.07, 6.45) is 5.69. The molecule has 5 nitrogen and oxygen atoms in total.